The van der Waals surface area contributed by atoms with Crippen molar-refractivity contribution < 1.29 is 27.9 Å². The summed E-state index contributed by atoms with van der Waals surface area (Å²) >= 11 is 0. The van der Waals surface area contributed by atoms with Crippen molar-refractivity contribution in [3.8, 4) is 101 Å². The van der Waals surface area contributed by atoms with Gasteiger partial charge in [0.25, 0.3) is 0 Å². The zero-order valence-corrected chi connectivity index (χ0v) is 69.4. The van der Waals surface area contributed by atoms with E-state index < -0.39 is 55.0 Å². The summed E-state index contributed by atoms with van der Waals surface area (Å²) < 4.78 is 39.5. The van der Waals surface area contributed by atoms with Crippen LogP contribution in [0, 0.1) is 6.92 Å². The highest BCUT2D eigenvalue weighted by molar-refractivity contribution is 6.63. The van der Waals surface area contributed by atoms with Crippen LogP contribution in [0.1, 0.15) is 224 Å². The molecule has 16 rings (SSSR count). The van der Waals surface area contributed by atoms with Gasteiger partial charge in [-0.05, 0) is 331 Å². The zero-order chi connectivity index (χ0) is 77.9. The smallest absolute Gasteiger partial charge is 0.399 e. The summed E-state index contributed by atoms with van der Waals surface area (Å²) in [6, 6.07) is 59.8. The number of aryl methyl sites for hydroxylation is 1. The van der Waals surface area contributed by atoms with E-state index in [9.17, 15) is 0 Å². The van der Waals surface area contributed by atoms with E-state index in [1.165, 1.54) is 33.4 Å². The van der Waals surface area contributed by atoms with Gasteiger partial charge in [0.2, 0.25) is 0 Å². The van der Waals surface area contributed by atoms with Crippen LogP contribution in [0.4, 0.5) is 0 Å². The van der Waals surface area contributed by atoms with Crippen LogP contribution in [0.5, 0.6) is 0 Å². The molecule has 0 spiro atoms. The molecule has 0 saturated carbocycles. The lowest BCUT2D eigenvalue weighted by molar-refractivity contribution is 0.00578. The highest BCUT2D eigenvalue weighted by atomic mass is 16.7. The maximum absolute atomic E-state index is 6.61. The molecular weight excluding hydrogens is 1340 g/mol. The molecule has 558 valence electrons. The third kappa shape index (κ3) is 12.8. The molecule has 3 saturated heterocycles. The third-order valence-corrected chi connectivity index (χ3v) is 27.1. The van der Waals surface area contributed by atoms with Crippen molar-refractivity contribution in [2.24, 2.45) is 0 Å². The summed E-state index contributed by atoms with van der Waals surface area (Å²) in [6.07, 6.45) is 9.36. The van der Waals surface area contributed by atoms with Gasteiger partial charge in [-0.2, -0.15) is 0 Å². The molecular formula is C97H110B3N3O6. The largest absolute Gasteiger partial charge is 0.494 e. The van der Waals surface area contributed by atoms with Crippen molar-refractivity contribution >= 4 is 37.7 Å². The molecule has 0 N–H and O–H groups in total. The van der Waals surface area contributed by atoms with E-state index in [0.29, 0.717) is 0 Å². The van der Waals surface area contributed by atoms with Crippen molar-refractivity contribution in [1.82, 2.24) is 15.0 Å². The van der Waals surface area contributed by atoms with Crippen molar-refractivity contribution in [2.75, 3.05) is 0 Å². The molecule has 9 nitrogen and oxygen atoms in total. The second-order valence-corrected chi connectivity index (χ2v) is 39.8. The van der Waals surface area contributed by atoms with Gasteiger partial charge in [0, 0.05) is 40.8 Å². The van der Waals surface area contributed by atoms with Crippen LogP contribution in [0.3, 0.4) is 0 Å². The maximum Gasteiger partial charge on any atom is 0.494 e. The maximum atomic E-state index is 6.61. The molecule has 3 aliphatic heterocycles. The first-order valence-corrected chi connectivity index (χ1v) is 39.7. The SMILES string of the molecule is Cc1ccc(B2OC(C)(C)C(C)(C)O2)cc1-c1ccc(-c2cc3c(cc2-c2cc(-c4cc5c(cc4-c4ccc(-c6cccc(B7OC(C)(C)C(C)(C)O7)c6)nc4)C(C)(C)CC5(C)C)cc(-c4cc5c(cc4-c4ccc(-c6cccc(B7OC(C)(C)C(C)(C)O7)c6)nc4)C(C)(C)CC5(C)C)c2)C(C)(C)CC3(C)C)cn1. The van der Waals surface area contributed by atoms with Gasteiger partial charge in [0.1, 0.15) is 0 Å². The number of hydrogen-bond donors (Lipinski definition) is 0. The molecule has 3 aromatic heterocycles. The van der Waals surface area contributed by atoms with E-state index in [4.69, 9.17) is 42.9 Å². The minimum absolute atomic E-state index is 0.0852. The molecule has 7 aromatic carbocycles. The van der Waals surface area contributed by atoms with E-state index in [1.54, 1.807) is 0 Å². The Labute approximate surface area is 651 Å². The lowest BCUT2D eigenvalue weighted by Gasteiger charge is -2.32. The highest BCUT2D eigenvalue weighted by Crippen LogP contribution is 2.58. The van der Waals surface area contributed by atoms with Crippen LogP contribution in [0.25, 0.3) is 101 Å². The molecule has 0 radical (unpaired) electrons. The Hall–Kier alpha value is -8.06. The molecule has 0 unspecified atom stereocenters. The summed E-state index contributed by atoms with van der Waals surface area (Å²) in [7, 11) is -1.48. The Morgan fingerprint density at radius 2 is 0.495 bits per heavy atom. The molecule has 0 amide bonds. The summed E-state index contributed by atoms with van der Waals surface area (Å²) in [4.78, 5) is 16.2. The number of rotatable bonds is 12. The minimum atomic E-state index is -0.496. The van der Waals surface area contributed by atoms with Crippen LogP contribution in [-0.4, -0.2) is 69.9 Å². The number of nitrogens with zero attached hydrogens (tertiary/aromatic N) is 3. The fourth-order valence-electron chi connectivity index (χ4n) is 19.4. The Morgan fingerprint density at radius 3 is 0.761 bits per heavy atom. The second-order valence-electron chi connectivity index (χ2n) is 39.8. The Morgan fingerprint density at radius 1 is 0.239 bits per heavy atom. The molecule has 0 bridgehead atoms. The molecule has 109 heavy (non-hydrogen) atoms. The van der Waals surface area contributed by atoms with Gasteiger partial charge in [-0.15, -0.1) is 0 Å². The van der Waals surface area contributed by atoms with Gasteiger partial charge in [-0.25, -0.2) is 0 Å². The monoisotopic (exact) mass is 1450 g/mol. The van der Waals surface area contributed by atoms with Gasteiger partial charge in [-0.1, -0.05) is 168 Å². The van der Waals surface area contributed by atoms with Crippen LogP contribution in [-0.2, 0) is 60.4 Å². The third-order valence-electron chi connectivity index (χ3n) is 27.1. The first-order chi connectivity index (χ1) is 50.7. The van der Waals surface area contributed by atoms with Gasteiger partial charge < -0.3 is 27.9 Å². The van der Waals surface area contributed by atoms with E-state index in [-0.39, 0.29) is 32.5 Å². The van der Waals surface area contributed by atoms with E-state index in [0.717, 1.165) is 142 Å². The van der Waals surface area contributed by atoms with E-state index in [2.05, 4.69) is 349 Å². The first-order valence-electron chi connectivity index (χ1n) is 39.7. The number of hydrogen-bond acceptors (Lipinski definition) is 9. The molecule has 3 fully saturated rings. The van der Waals surface area contributed by atoms with Gasteiger partial charge in [0.15, 0.2) is 0 Å². The predicted octanol–water partition coefficient (Wildman–Crippen LogP) is 22.0. The summed E-state index contributed by atoms with van der Waals surface area (Å²) in [5, 5.41) is 0. The molecule has 0 atom stereocenters. The summed E-state index contributed by atoms with van der Waals surface area (Å²) in [5.74, 6) is 0. The molecule has 3 aliphatic carbocycles. The van der Waals surface area contributed by atoms with Crippen molar-refractivity contribution in [2.45, 2.75) is 258 Å². The molecule has 6 heterocycles. The quantitative estimate of drug-likeness (QED) is 0.111. The van der Waals surface area contributed by atoms with Crippen LogP contribution >= 0.6 is 0 Å². The number of aromatic nitrogens is 3. The Balaban J connectivity index is 0.907. The van der Waals surface area contributed by atoms with Gasteiger partial charge in [-0.3, -0.25) is 15.0 Å². The average molecular weight is 1450 g/mol. The van der Waals surface area contributed by atoms with Crippen molar-refractivity contribution in [1.29, 1.82) is 0 Å². The number of fused-ring (bicyclic) bond motifs is 3. The lowest BCUT2D eigenvalue weighted by atomic mass is 9.77. The topological polar surface area (TPSA) is 94.1 Å². The van der Waals surface area contributed by atoms with E-state index in [1.807, 2.05) is 0 Å². The fourth-order valence-corrected chi connectivity index (χ4v) is 19.4. The normalized spacial score (nSPS) is 21.2. The zero-order valence-electron chi connectivity index (χ0n) is 69.4. The lowest BCUT2D eigenvalue weighted by Crippen LogP contribution is -2.41. The highest BCUT2D eigenvalue weighted by Gasteiger charge is 2.55. The van der Waals surface area contributed by atoms with Crippen molar-refractivity contribution in [3.63, 3.8) is 0 Å². The van der Waals surface area contributed by atoms with Crippen LogP contribution in [0.15, 0.2) is 176 Å². The minimum Gasteiger partial charge on any atom is -0.399 e. The van der Waals surface area contributed by atoms with Gasteiger partial charge >= 0.3 is 21.4 Å². The average Bonchev–Trinajstić information content (AvgIpc) is 1.62. The second kappa shape index (κ2) is 25.0. The number of benzene rings is 7. The Bertz CT molecular complexity index is 5080. The van der Waals surface area contributed by atoms with Crippen LogP contribution < -0.4 is 16.4 Å². The van der Waals surface area contributed by atoms with Crippen molar-refractivity contribution in [3.05, 3.63) is 215 Å². The molecule has 6 aliphatic rings. The van der Waals surface area contributed by atoms with E-state index >= 15 is 0 Å². The fraction of sp³-hybridized carbons (Fsp3) is 0.412. The number of pyridine rings is 3. The standard InChI is InChI=1S/C97H110B3N3O6/c1-58-32-36-69(100-108-96(22,23)97(24,25)109-100)45-70(58)85-39-35-63(54-103-85)73-48-79-82(91(12,13)57-88(79,6)7)51-76(73)66-41-64(74-49-80-77(86(2,3)55-89(80,8)9)46-71(74)61-33-37-83(101-52-61)59-28-26-30-67(43-59)98-104-92(14,15)93(16,17)105-98)40-65(42-66)75-50-81-78(87(4,5)56-90(81,10)11)47-72(75)62-34-38-84(102-53-62)60-29-27-31-68(44-60)99-106-94(18,19)95(20,21)107-99/h26-54H,55-57H2,1-25H3. The van der Waals surface area contributed by atoms with Gasteiger partial charge in [0.05, 0.1) is 50.7 Å². The Kier molecular flexibility index (Phi) is 17.2. The summed E-state index contributed by atoms with van der Waals surface area (Å²) in [5.41, 5.74) is 28.1. The molecule has 10 aromatic rings. The van der Waals surface area contributed by atoms with Crippen LogP contribution in [0.2, 0.25) is 0 Å². The first kappa shape index (κ1) is 75.0. The summed E-state index contributed by atoms with van der Waals surface area (Å²) in [6.45, 7) is 56.6. The molecule has 12 heteroatoms. The predicted molar refractivity (Wildman–Crippen MR) is 453 cm³/mol.